The number of nitrogens with one attached hydrogen (secondary N) is 1. The lowest BCUT2D eigenvalue weighted by Gasteiger charge is -2.11. The first-order chi connectivity index (χ1) is 6.81. The number of rotatable bonds is 3. The third-order valence-corrected chi connectivity index (χ3v) is 3.89. The molecule has 14 heavy (non-hydrogen) atoms. The maximum atomic E-state index is 6.03. The van der Waals surface area contributed by atoms with E-state index in [9.17, 15) is 0 Å². The van der Waals surface area contributed by atoms with Crippen molar-refractivity contribution in [2.45, 2.75) is 19.4 Å². The fourth-order valence-electron chi connectivity index (χ4n) is 1.63. The minimum absolute atomic E-state index is 0.659. The van der Waals surface area contributed by atoms with E-state index in [0.717, 1.165) is 29.6 Å². The lowest BCUT2D eigenvalue weighted by atomic mass is 10.4. The molecule has 5 heteroatoms. The van der Waals surface area contributed by atoms with Crippen molar-refractivity contribution in [3.63, 3.8) is 0 Å². The molecule has 0 saturated carbocycles. The molecule has 0 amide bonds. The molecular weight excluding hydrogens is 218 g/mol. The highest BCUT2D eigenvalue weighted by Gasteiger charge is 2.17. The highest BCUT2D eigenvalue weighted by molar-refractivity contribution is 7.16. The summed E-state index contributed by atoms with van der Waals surface area (Å²) in [7, 11) is 1.92. The number of hydrogen-bond acceptors (Lipinski definition) is 4. The zero-order valence-electron chi connectivity index (χ0n) is 8.22. The number of aromatic nitrogens is 1. The molecule has 3 nitrogen and oxygen atoms in total. The minimum atomic E-state index is 0.659. The molecule has 2 heterocycles. The van der Waals surface area contributed by atoms with Crippen LogP contribution >= 0.6 is 22.9 Å². The summed E-state index contributed by atoms with van der Waals surface area (Å²) in [5, 5.41) is 4.84. The summed E-state index contributed by atoms with van der Waals surface area (Å²) in [6.07, 6.45) is 2.55. The van der Waals surface area contributed by atoms with Gasteiger partial charge in [-0.15, -0.1) is 0 Å². The Morgan fingerprint density at radius 2 is 2.21 bits per heavy atom. The molecule has 1 saturated heterocycles. The van der Waals surface area contributed by atoms with E-state index in [2.05, 4.69) is 15.2 Å². The first-order valence-electron chi connectivity index (χ1n) is 4.86. The molecule has 0 aromatic carbocycles. The van der Waals surface area contributed by atoms with Crippen molar-refractivity contribution in [3.05, 3.63) is 10.0 Å². The summed E-state index contributed by atoms with van der Waals surface area (Å²) < 4.78 is 0. The third-order valence-electron chi connectivity index (χ3n) is 2.35. The Hall–Kier alpha value is -0.320. The molecule has 0 radical (unpaired) electrons. The second kappa shape index (κ2) is 4.47. The molecule has 1 aliphatic rings. The number of halogens is 1. The molecule has 0 spiro atoms. The summed E-state index contributed by atoms with van der Waals surface area (Å²) >= 11 is 7.74. The summed E-state index contributed by atoms with van der Waals surface area (Å²) in [5.41, 5.74) is 0. The maximum absolute atomic E-state index is 6.03. The van der Waals surface area contributed by atoms with Gasteiger partial charge in [-0.25, -0.2) is 4.98 Å². The van der Waals surface area contributed by atoms with Crippen LogP contribution in [0.1, 0.15) is 17.7 Å². The van der Waals surface area contributed by atoms with Gasteiger partial charge in [0.2, 0.25) is 0 Å². The predicted octanol–water partition coefficient (Wildman–Crippen LogP) is 2.12. The molecule has 1 aliphatic heterocycles. The molecule has 0 atom stereocenters. The van der Waals surface area contributed by atoms with Gasteiger partial charge in [0.05, 0.1) is 4.88 Å². The average Bonchev–Trinajstić information content (AvgIpc) is 2.76. The van der Waals surface area contributed by atoms with Crippen LogP contribution in [-0.4, -0.2) is 25.1 Å². The van der Waals surface area contributed by atoms with Crippen molar-refractivity contribution in [1.82, 2.24) is 10.3 Å². The minimum Gasteiger partial charge on any atom is -0.348 e. The van der Waals surface area contributed by atoms with Crippen molar-refractivity contribution in [2.75, 3.05) is 25.0 Å². The molecule has 2 rings (SSSR count). The van der Waals surface area contributed by atoms with Crippen molar-refractivity contribution < 1.29 is 0 Å². The molecular formula is C9H14ClN3S. The van der Waals surface area contributed by atoms with Crippen molar-refractivity contribution >= 4 is 28.1 Å². The van der Waals surface area contributed by atoms with Crippen LogP contribution in [-0.2, 0) is 6.54 Å². The average molecular weight is 232 g/mol. The molecule has 0 aliphatic carbocycles. The van der Waals surface area contributed by atoms with E-state index in [1.807, 2.05) is 7.05 Å². The fraction of sp³-hybridized carbons (Fsp3) is 0.667. The van der Waals surface area contributed by atoms with E-state index >= 15 is 0 Å². The smallest absolute Gasteiger partial charge is 0.187 e. The predicted molar refractivity (Wildman–Crippen MR) is 61.3 cm³/mol. The number of nitrogens with zero attached hydrogens (tertiary/aromatic N) is 2. The Kier molecular flexibility index (Phi) is 3.26. The molecule has 1 N–H and O–H groups in total. The van der Waals surface area contributed by atoms with E-state index < -0.39 is 0 Å². The van der Waals surface area contributed by atoms with Gasteiger partial charge in [-0.3, -0.25) is 0 Å². The first kappa shape index (κ1) is 10.2. The molecule has 1 aromatic rings. The van der Waals surface area contributed by atoms with E-state index in [1.54, 1.807) is 11.3 Å². The standard InChI is InChI=1S/C9H14ClN3S/c1-11-6-7-8(10)12-9(14-7)13-4-2-3-5-13/h11H,2-6H2,1H3. The Morgan fingerprint density at radius 1 is 1.50 bits per heavy atom. The van der Waals surface area contributed by atoms with Crippen LogP contribution < -0.4 is 10.2 Å². The van der Waals surface area contributed by atoms with E-state index in [4.69, 9.17) is 11.6 Å². The van der Waals surface area contributed by atoms with E-state index in [0.29, 0.717) is 5.15 Å². The van der Waals surface area contributed by atoms with E-state index in [1.165, 1.54) is 12.8 Å². The van der Waals surface area contributed by atoms with Gasteiger partial charge in [0.1, 0.15) is 5.15 Å². The highest BCUT2D eigenvalue weighted by atomic mass is 35.5. The van der Waals surface area contributed by atoms with Crippen LogP contribution in [0.15, 0.2) is 0 Å². The fourth-order valence-corrected chi connectivity index (χ4v) is 2.96. The summed E-state index contributed by atoms with van der Waals surface area (Å²) in [4.78, 5) is 7.83. The second-order valence-corrected chi connectivity index (χ2v) is 4.85. The van der Waals surface area contributed by atoms with Crippen LogP contribution in [0.25, 0.3) is 0 Å². The Bertz CT molecular complexity index is 307. The Morgan fingerprint density at radius 3 is 2.86 bits per heavy atom. The molecule has 1 fully saturated rings. The summed E-state index contributed by atoms with van der Waals surface area (Å²) in [6, 6.07) is 0. The van der Waals surface area contributed by atoms with Crippen LogP contribution in [0.3, 0.4) is 0 Å². The lowest BCUT2D eigenvalue weighted by molar-refractivity contribution is 0.829. The first-order valence-corrected chi connectivity index (χ1v) is 6.05. The molecule has 0 unspecified atom stereocenters. The maximum Gasteiger partial charge on any atom is 0.187 e. The van der Waals surface area contributed by atoms with Crippen molar-refractivity contribution in [3.8, 4) is 0 Å². The van der Waals surface area contributed by atoms with Gasteiger partial charge in [-0.1, -0.05) is 22.9 Å². The molecule has 78 valence electrons. The monoisotopic (exact) mass is 231 g/mol. The topological polar surface area (TPSA) is 28.2 Å². The SMILES string of the molecule is CNCc1sc(N2CCCC2)nc1Cl. The number of thiazole rings is 1. The third kappa shape index (κ3) is 2.02. The zero-order valence-corrected chi connectivity index (χ0v) is 9.79. The van der Waals surface area contributed by atoms with Crippen LogP contribution in [0, 0.1) is 0 Å². The van der Waals surface area contributed by atoms with Crippen LogP contribution in [0.2, 0.25) is 5.15 Å². The Labute approximate surface area is 93.1 Å². The summed E-state index contributed by atoms with van der Waals surface area (Å²) in [5.74, 6) is 0. The quantitative estimate of drug-likeness (QED) is 0.864. The van der Waals surface area contributed by atoms with Gasteiger partial charge in [-0.2, -0.15) is 0 Å². The largest absolute Gasteiger partial charge is 0.348 e. The van der Waals surface area contributed by atoms with Crippen molar-refractivity contribution in [1.29, 1.82) is 0 Å². The van der Waals surface area contributed by atoms with Gasteiger partial charge >= 0.3 is 0 Å². The van der Waals surface area contributed by atoms with Crippen LogP contribution in [0.5, 0.6) is 0 Å². The zero-order chi connectivity index (χ0) is 9.97. The van der Waals surface area contributed by atoms with E-state index in [-0.39, 0.29) is 0 Å². The highest BCUT2D eigenvalue weighted by Crippen LogP contribution is 2.31. The van der Waals surface area contributed by atoms with Gasteiger partial charge in [-0.05, 0) is 19.9 Å². The van der Waals surface area contributed by atoms with Crippen molar-refractivity contribution in [2.24, 2.45) is 0 Å². The molecule has 0 bridgehead atoms. The van der Waals surface area contributed by atoms with Gasteiger partial charge < -0.3 is 10.2 Å². The normalized spacial score (nSPS) is 16.6. The van der Waals surface area contributed by atoms with Gasteiger partial charge in [0.15, 0.2) is 5.13 Å². The van der Waals surface area contributed by atoms with Gasteiger partial charge in [0, 0.05) is 19.6 Å². The Balaban J connectivity index is 2.14. The molecule has 1 aromatic heterocycles. The number of anilines is 1. The summed E-state index contributed by atoms with van der Waals surface area (Å²) in [6.45, 7) is 3.07. The second-order valence-electron chi connectivity index (χ2n) is 3.43. The van der Waals surface area contributed by atoms with Crippen LogP contribution in [0.4, 0.5) is 5.13 Å². The number of hydrogen-bond donors (Lipinski definition) is 1. The lowest BCUT2D eigenvalue weighted by Crippen LogP contribution is -2.16. The van der Waals surface area contributed by atoms with Gasteiger partial charge in [0.25, 0.3) is 0 Å².